The zero-order valence-electron chi connectivity index (χ0n) is 7.59. The van der Waals surface area contributed by atoms with Gasteiger partial charge in [-0.25, -0.2) is 9.78 Å². The lowest BCUT2D eigenvalue weighted by molar-refractivity contribution is -0.131. The van der Waals surface area contributed by atoms with Crippen molar-refractivity contribution in [2.75, 3.05) is 0 Å². The van der Waals surface area contributed by atoms with E-state index in [9.17, 15) is 4.79 Å². The van der Waals surface area contributed by atoms with Gasteiger partial charge >= 0.3 is 5.97 Å². The third-order valence-corrected chi connectivity index (χ3v) is 2.14. The molecule has 5 heteroatoms. The molecule has 1 N–H and O–H groups in total. The molecule has 4 nitrogen and oxygen atoms in total. The number of aromatic nitrogens is 2. The van der Waals surface area contributed by atoms with E-state index in [1.807, 2.05) is 0 Å². The van der Waals surface area contributed by atoms with Crippen LogP contribution < -0.4 is 0 Å². The summed E-state index contributed by atoms with van der Waals surface area (Å²) >= 11 is 5.79. The van der Waals surface area contributed by atoms with Crippen molar-refractivity contribution in [1.29, 1.82) is 0 Å². The molecule has 0 fully saturated rings. The molecule has 15 heavy (non-hydrogen) atoms. The Hall–Kier alpha value is -1.81. The van der Waals surface area contributed by atoms with Gasteiger partial charge in [-0.3, -0.25) is 0 Å². The molecule has 0 radical (unpaired) electrons. The molecule has 0 saturated heterocycles. The summed E-state index contributed by atoms with van der Waals surface area (Å²) in [5.41, 5.74) is 1.39. The summed E-state index contributed by atoms with van der Waals surface area (Å²) < 4.78 is 1.76. The molecule has 0 atom stereocenters. The highest BCUT2D eigenvalue weighted by atomic mass is 35.5. The summed E-state index contributed by atoms with van der Waals surface area (Å²) in [5, 5.41) is 9.09. The lowest BCUT2D eigenvalue weighted by atomic mass is 10.4. The molecule has 2 rings (SSSR count). The van der Waals surface area contributed by atoms with Gasteiger partial charge in [-0.15, -0.1) is 0 Å². The van der Waals surface area contributed by atoms with Crippen molar-refractivity contribution in [3.63, 3.8) is 0 Å². The van der Waals surface area contributed by atoms with E-state index in [2.05, 4.69) is 4.98 Å². The summed E-state index contributed by atoms with van der Waals surface area (Å²) in [4.78, 5) is 14.4. The van der Waals surface area contributed by atoms with E-state index in [1.54, 1.807) is 28.9 Å². The summed E-state index contributed by atoms with van der Waals surface area (Å²) in [6.45, 7) is 0. The van der Waals surface area contributed by atoms with E-state index in [4.69, 9.17) is 16.7 Å². The van der Waals surface area contributed by atoms with Crippen molar-refractivity contribution in [1.82, 2.24) is 9.38 Å². The summed E-state index contributed by atoms with van der Waals surface area (Å²) in [7, 11) is 0. The van der Waals surface area contributed by atoms with E-state index in [0.29, 0.717) is 16.4 Å². The Morgan fingerprint density at radius 1 is 1.60 bits per heavy atom. The van der Waals surface area contributed by atoms with Gasteiger partial charge in [0.15, 0.2) is 0 Å². The van der Waals surface area contributed by atoms with Gasteiger partial charge in [0.2, 0.25) is 0 Å². The maximum Gasteiger partial charge on any atom is 0.328 e. The third kappa shape index (κ3) is 1.99. The second-order valence-electron chi connectivity index (χ2n) is 2.93. The number of aliphatic carboxylic acids is 1. The minimum atomic E-state index is -0.987. The minimum absolute atomic E-state index is 0.599. The van der Waals surface area contributed by atoms with Crippen LogP contribution in [-0.4, -0.2) is 20.5 Å². The van der Waals surface area contributed by atoms with Crippen molar-refractivity contribution in [3.05, 3.63) is 41.3 Å². The highest BCUT2D eigenvalue weighted by molar-refractivity contribution is 6.30. The molecule has 2 aromatic rings. The van der Waals surface area contributed by atoms with Crippen LogP contribution in [0.5, 0.6) is 0 Å². The Morgan fingerprint density at radius 3 is 3.13 bits per heavy atom. The lowest BCUT2D eigenvalue weighted by Gasteiger charge is -1.95. The van der Waals surface area contributed by atoms with Crippen LogP contribution >= 0.6 is 11.6 Å². The number of hydrogen-bond donors (Lipinski definition) is 1. The fourth-order valence-corrected chi connectivity index (χ4v) is 1.41. The van der Waals surface area contributed by atoms with Crippen LogP contribution in [0.2, 0.25) is 5.02 Å². The van der Waals surface area contributed by atoms with Crippen molar-refractivity contribution < 1.29 is 9.90 Å². The lowest BCUT2D eigenvalue weighted by Crippen LogP contribution is -1.89. The monoisotopic (exact) mass is 222 g/mol. The van der Waals surface area contributed by atoms with Crippen molar-refractivity contribution in [3.8, 4) is 0 Å². The van der Waals surface area contributed by atoms with E-state index >= 15 is 0 Å². The topological polar surface area (TPSA) is 54.6 Å². The van der Waals surface area contributed by atoms with Gasteiger partial charge in [0.1, 0.15) is 5.65 Å². The minimum Gasteiger partial charge on any atom is -0.478 e. The number of imidazole rings is 1. The number of pyridine rings is 1. The van der Waals surface area contributed by atoms with E-state index < -0.39 is 5.97 Å². The van der Waals surface area contributed by atoms with Gasteiger partial charge in [-0.1, -0.05) is 11.6 Å². The molecule has 0 spiro atoms. The summed E-state index contributed by atoms with van der Waals surface area (Å²) in [6.07, 6.45) is 5.88. The molecule has 0 unspecified atom stereocenters. The highest BCUT2D eigenvalue weighted by Crippen LogP contribution is 2.13. The van der Waals surface area contributed by atoms with E-state index in [-0.39, 0.29) is 0 Å². The molecule has 0 amide bonds. The summed E-state index contributed by atoms with van der Waals surface area (Å²) in [6, 6.07) is 3.42. The number of hydrogen-bond acceptors (Lipinski definition) is 2. The largest absolute Gasteiger partial charge is 0.478 e. The van der Waals surface area contributed by atoms with E-state index in [0.717, 1.165) is 6.08 Å². The molecular weight excluding hydrogens is 216 g/mol. The zero-order valence-corrected chi connectivity index (χ0v) is 8.35. The molecule has 2 aromatic heterocycles. The van der Waals surface area contributed by atoms with Gasteiger partial charge in [0, 0.05) is 23.4 Å². The molecule has 0 aliphatic carbocycles. The Morgan fingerprint density at radius 2 is 2.40 bits per heavy atom. The van der Waals surface area contributed by atoms with Crippen LogP contribution in [0, 0.1) is 0 Å². The van der Waals surface area contributed by atoms with Gasteiger partial charge in [-0.2, -0.15) is 0 Å². The molecule has 0 aliphatic rings. The van der Waals surface area contributed by atoms with Gasteiger partial charge in [0.25, 0.3) is 0 Å². The Bertz CT molecular complexity index is 545. The van der Waals surface area contributed by atoms with Crippen LogP contribution in [0.4, 0.5) is 0 Å². The fraction of sp³-hybridized carbons (Fsp3) is 0. The zero-order chi connectivity index (χ0) is 10.8. The normalized spacial score (nSPS) is 11.3. The highest BCUT2D eigenvalue weighted by Gasteiger charge is 2.00. The number of carboxylic acid groups (broad SMARTS) is 1. The maximum absolute atomic E-state index is 10.3. The average molecular weight is 223 g/mol. The van der Waals surface area contributed by atoms with Gasteiger partial charge in [-0.05, 0) is 12.1 Å². The second-order valence-corrected chi connectivity index (χ2v) is 3.36. The standard InChI is InChI=1S/C10H7ClN2O2/c11-7-3-4-13-8(1-2-10(14)15)6-12-9(13)5-7/h1-6H,(H,14,15). The molecule has 76 valence electrons. The number of rotatable bonds is 2. The first-order valence-corrected chi connectivity index (χ1v) is 4.58. The predicted octanol–water partition coefficient (Wildman–Crippen LogP) is 2.09. The number of carboxylic acids is 1. The fourth-order valence-electron chi connectivity index (χ4n) is 1.26. The first-order chi connectivity index (χ1) is 7.16. The van der Waals surface area contributed by atoms with Crippen LogP contribution in [0.3, 0.4) is 0 Å². The van der Waals surface area contributed by atoms with Crippen molar-refractivity contribution >= 4 is 29.3 Å². The SMILES string of the molecule is O=C(O)C=Cc1cnc2cc(Cl)ccn12. The molecule has 0 saturated carbocycles. The average Bonchev–Trinajstić information content (AvgIpc) is 2.57. The molecule has 0 aliphatic heterocycles. The first-order valence-electron chi connectivity index (χ1n) is 4.20. The second kappa shape index (κ2) is 3.74. The van der Waals surface area contributed by atoms with Crippen molar-refractivity contribution in [2.45, 2.75) is 0 Å². The number of nitrogens with zero attached hydrogens (tertiary/aromatic N) is 2. The van der Waals surface area contributed by atoms with Crippen LogP contribution in [0.1, 0.15) is 5.69 Å². The maximum atomic E-state index is 10.3. The van der Waals surface area contributed by atoms with Gasteiger partial charge in [0.05, 0.1) is 11.9 Å². The predicted molar refractivity (Wildman–Crippen MR) is 56.9 cm³/mol. The Balaban J connectivity index is 2.50. The van der Waals surface area contributed by atoms with Crippen LogP contribution in [-0.2, 0) is 4.79 Å². The smallest absolute Gasteiger partial charge is 0.328 e. The first kappa shape index (κ1) is 9.73. The van der Waals surface area contributed by atoms with Crippen molar-refractivity contribution in [2.24, 2.45) is 0 Å². The third-order valence-electron chi connectivity index (χ3n) is 1.90. The summed E-state index contributed by atoms with van der Waals surface area (Å²) in [5.74, 6) is -0.987. The van der Waals surface area contributed by atoms with Crippen LogP contribution in [0.15, 0.2) is 30.6 Å². The Labute approximate surface area is 90.4 Å². The number of carbonyl (C=O) groups is 1. The quantitative estimate of drug-likeness (QED) is 0.792. The molecular formula is C10H7ClN2O2. The van der Waals surface area contributed by atoms with Crippen LogP contribution in [0.25, 0.3) is 11.7 Å². The number of halogens is 1. The Kier molecular flexibility index (Phi) is 2.43. The van der Waals surface area contributed by atoms with Gasteiger partial charge < -0.3 is 9.51 Å². The molecule has 0 bridgehead atoms. The molecule has 0 aromatic carbocycles. The van der Waals surface area contributed by atoms with E-state index in [1.165, 1.54) is 6.08 Å². The number of fused-ring (bicyclic) bond motifs is 1. The molecule has 2 heterocycles.